The third-order valence-electron chi connectivity index (χ3n) is 2.18. The van der Waals surface area contributed by atoms with Gasteiger partial charge in [0.25, 0.3) is 0 Å². The molecule has 0 saturated carbocycles. The van der Waals surface area contributed by atoms with Crippen molar-refractivity contribution < 1.29 is 0 Å². The average Bonchev–Trinajstić information content (AvgIpc) is 2.64. The minimum absolute atomic E-state index is 0.550. The molecule has 2 aromatic rings. The van der Waals surface area contributed by atoms with Gasteiger partial charge >= 0.3 is 0 Å². The quantitative estimate of drug-likeness (QED) is 0.678. The van der Waals surface area contributed by atoms with E-state index in [9.17, 15) is 0 Å². The van der Waals surface area contributed by atoms with Crippen molar-refractivity contribution in [2.45, 2.75) is 19.3 Å². The van der Waals surface area contributed by atoms with Gasteiger partial charge in [-0.15, -0.1) is 0 Å². The Morgan fingerprint density at radius 1 is 1.43 bits per heavy atom. The third kappa shape index (κ3) is 1.23. The Morgan fingerprint density at radius 3 is 2.93 bits per heavy atom. The van der Waals surface area contributed by atoms with Gasteiger partial charge in [0.15, 0.2) is 5.65 Å². The number of hydrogen-bond acceptors (Lipinski definition) is 3. The van der Waals surface area contributed by atoms with E-state index in [2.05, 4.69) is 16.2 Å². The average molecular weight is 186 g/mol. The van der Waals surface area contributed by atoms with E-state index in [1.807, 2.05) is 32.2 Å². The summed E-state index contributed by atoms with van der Waals surface area (Å²) in [6, 6.07) is 5.86. The maximum atomic E-state index is 8.96. The topological polar surface area (TPSA) is 54.0 Å². The van der Waals surface area contributed by atoms with E-state index in [1.54, 1.807) is 10.7 Å². The Kier molecular flexibility index (Phi) is 1.74. The van der Waals surface area contributed by atoms with Crippen LogP contribution in [0.3, 0.4) is 0 Å². The maximum absolute atomic E-state index is 8.96. The number of nitriles is 1. The molecule has 0 saturated heterocycles. The summed E-state index contributed by atoms with van der Waals surface area (Å²) in [4.78, 5) is 4.36. The molecule has 0 atom stereocenters. The molecule has 2 heterocycles. The molecule has 0 unspecified atom stereocenters. The molecule has 0 radical (unpaired) electrons. The molecule has 4 nitrogen and oxygen atoms in total. The van der Waals surface area contributed by atoms with Crippen LogP contribution in [0.5, 0.6) is 0 Å². The lowest BCUT2D eigenvalue weighted by molar-refractivity contribution is 0.657. The summed E-state index contributed by atoms with van der Waals surface area (Å²) < 4.78 is 1.68. The first-order valence-corrected chi connectivity index (χ1v) is 4.35. The first-order chi connectivity index (χ1) is 6.63. The predicted octanol–water partition coefficient (Wildman–Crippen LogP) is 1.53. The molecular formula is C10H10N4. The Hall–Kier alpha value is -1.89. The van der Waals surface area contributed by atoms with E-state index in [0.29, 0.717) is 0 Å². The third-order valence-corrected chi connectivity index (χ3v) is 2.18. The van der Waals surface area contributed by atoms with Crippen molar-refractivity contribution in [3.63, 3.8) is 0 Å². The summed E-state index contributed by atoms with van der Waals surface area (Å²) in [7, 11) is 0. The van der Waals surface area contributed by atoms with Gasteiger partial charge in [-0.05, 0) is 19.9 Å². The molecule has 4 heteroatoms. The summed E-state index contributed by atoms with van der Waals surface area (Å²) in [6.07, 6.45) is 3.50. The van der Waals surface area contributed by atoms with Crippen molar-refractivity contribution in [3.8, 4) is 6.07 Å². The second kappa shape index (κ2) is 2.81. The summed E-state index contributed by atoms with van der Waals surface area (Å²) in [5.74, 6) is 0. The second-order valence-electron chi connectivity index (χ2n) is 3.68. The molecule has 70 valence electrons. The lowest BCUT2D eigenvalue weighted by Gasteiger charge is -2.13. The molecule has 0 aliphatic heterocycles. The van der Waals surface area contributed by atoms with Gasteiger partial charge in [-0.1, -0.05) is 0 Å². The van der Waals surface area contributed by atoms with Crippen LogP contribution < -0.4 is 0 Å². The van der Waals surface area contributed by atoms with Crippen molar-refractivity contribution in [2.24, 2.45) is 0 Å². The smallest absolute Gasteiger partial charge is 0.155 e. The lowest BCUT2D eigenvalue weighted by atomic mass is 9.91. The Balaban J connectivity index is 2.61. The zero-order valence-corrected chi connectivity index (χ0v) is 8.10. The molecular weight excluding hydrogens is 176 g/mol. The summed E-state index contributed by atoms with van der Waals surface area (Å²) >= 11 is 0. The first-order valence-electron chi connectivity index (χ1n) is 4.35. The van der Waals surface area contributed by atoms with Crippen LogP contribution in [0.4, 0.5) is 0 Å². The Labute approximate surface area is 81.8 Å². The number of hydrogen-bond donors (Lipinski definition) is 0. The molecule has 0 aliphatic carbocycles. The lowest BCUT2D eigenvalue weighted by Crippen LogP contribution is -2.16. The van der Waals surface area contributed by atoms with Gasteiger partial charge in [-0.2, -0.15) is 10.4 Å². The van der Waals surface area contributed by atoms with Gasteiger partial charge < -0.3 is 0 Å². The Morgan fingerprint density at radius 2 is 2.21 bits per heavy atom. The number of rotatable bonds is 1. The highest BCUT2D eigenvalue weighted by Crippen LogP contribution is 2.19. The van der Waals surface area contributed by atoms with Crippen LogP contribution in [0.15, 0.2) is 24.5 Å². The molecule has 2 aromatic heterocycles. The maximum Gasteiger partial charge on any atom is 0.155 e. The highest BCUT2D eigenvalue weighted by Gasteiger charge is 2.21. The molecule has 14 heavy (non-hydrogen) atoms. The van der Waals surface area contributed by atoms with Crippen molar-refractivity contribution in [2.75, 3.05) is 0 Å². The second-order valence-corrected chi connectivity index (χ2v) is 3.68. The zero-order valence-electron chi connectivity index (χ0n) is 8.10. The van der Waals surface area contributed by atoms with Crippen LogP contribution in [0.2, 0.25) is 0 Å². The van der Waals surface area contributed by atoms with Crippen molar-refractivity contribution in [1.29, 1.82) is 5.26 Å². The van der Waals surface area contributed by atoms with Gasteiger partial charge in [0.1, 0.15) is 0 Å². The van der Waals surface area contributed by atoms with Crippen LogP contribution >= 0.6 is 0 Å². The van der Waals surface area contributed by atoms with Crippen LogP contribution in [0.25, 0.3) is 5.65 Å². The fraction of sp³-hybridized carbons (Fsp3) is 0.300. The highest BCUT2D eigenvalue weighted by atomic mass is 15.2. The fourth-order valence-electron chi connectivity index (χ4n) is 1.22. The molecule has 0 N–H and O–H groups in total. The largest absolute Gasteiger partial charge is 0.232 e. The monoisotopic (exact) mass is 186 g/mol. The van der Waals surface area contributed by atoms with E-state index in [-0.39, 0.29) is 0 Å². The van der Waals surface area contributed by atoms with E-state index < -0.39 is 5.41 Å². The van der Waals surface area contributed by atoms with Crippen LogP contribution in [0, 0.1) is 11.3 Å². The molecule has 0 fully saturated rings. The molecule has 0 aliphatic rings. The minimum Gasteiger partial charge on any atom is -0.232 e. The van der Waals surface area contributed by atoms with Crippen molar-refractivity contribution in [3.05, 3.63) is 30.2 Å². The van der Waals surface area contributed by atoms with Gasteiger partial charge in [-0.3, -0.25) is 0 Å². The van der Waals surface area contributed by atoms with Gasteiger partial charge in [0, 0.05) is 12.3 Å². The SMILES string of the molecule is CC(C)(C#N)c1ccn2nccc2n1. The minimum atomic E-state index is -0.550. The molecule has 2 rings (SSSR count). The normalized spacial score (nSPS) is 11.5. The summed E-state index contributed by atoms with van der Waals surface area (Å²) in [6.45, 7) is 3.70. The standard InChI is InChI=1S/C10H10N4/c1-10(2,7-11)8-4-6-14-9(13-8)3-5-12-14/h3-6H,1-2H3. The van der Waals surface area contributed by atoms with Crippen LogP contribution in [-0.2, 0) is 5.41 Å². The van der Waals surface area contributed by atoms with E-state index in [1.165, 1.54) is 0 Å². The van der Waals surface area contributed by atoms with E-state index in [4.69, 9.17) is 5.26 Å². The van der Waals surface area contributed by atoms with Gasteiger partial charge in [-0.25, -0.2) is 9.50 Å². The highest BCUT2D eigenvalue weighted by molar-refractivity contribution is 5.38. The van der Waals surface area contributed by atoms with Gasteiger partial charge in [0.2, 0.25) is 0 Å². The van der Waals surface area contributed by atoms with E-state index in [0.717, 1.165) is 11.3 Å². The van der Waals surface area contributed by atoms with Crippen LogP contribution in [0.1, 0.15) is 19.5 Å². The summed E-state index contributed by atoms with van der Waals surface area (Å²) in [5.41, 5.74) is 0.991. The van der Waals surface area contributed by atoms with Gasteiger partial charge in [0.05, 0.1) is 23.4 Å². The molecule has 0 bridgehead atoms. The van der Waals surface area contributed by atoms with Crippen LogP contribution in [-0.4, -0.2) is 14.6 Å². The first kappa shape index (κ1) is 8.70. The number of nitrogens with zero attached hydrogens (tertiary/aromatic N) is 4. The molecule has 0 spiro atoms. The summed E-state index contributed by atoms with van der Waals surface area (Å²) in [5, 5.41) is 13.0. The predicted molar refractivity (Wildman–Crippen MR) is 51.6 cm³/mol. The molecule has 0 aromatic carbocycles. The number of aromatic nitrogens is 3. The van der Waals surface area contributed by atoms with Crippen molar-refractivity contribution >= 4 is 5.65 Å². The van der Waals surface area contributed by atoms with E-state index >= 15 is 0 Å². The molecule has 0 amide bonds. The number of fused-ring (bicyclic) bond motifs is 1. The fourth-order valence-corrected chi connectivity index (χ4v) is 1.22. The Bertz CT molecular complexity index is 504. The zero-order chi connectivity index (χ0) is 10.2. The van der Waals surface area contributed by atoms with Crippen molar-refractivity contribution in [1.82, 2.24) is 14.6 Å².